The van der Waals surface area contributed by atoms with Crippen molar-refractivity contribution in [2.45, 2.75) is 39.3 Å². The standard InChI is InChI=1S/C12H23N3O/c1-3-4-9-16-10-7-13-12(2)11-15-8-5-6-14-15/h5-6,8,12-13H,3-4,7,9-11H2,1-2H3. The van der Waals surface area contributed by atoms with Crippen LogP contribution < -0.4 is 5.32 Å². The van der Waals surface area contributed by atoms with E-state index >= 15 is 0 Å². The number of rotatable bonds is 9. The number of unbranched alkanes of at least 4 members (excludes halogenated alkanes) is 1. The lowest BCUT2D eigenvalue weighted by molar-refractivity contribution is 0.130. The van der Waals surface area contributed by atoms with E-state index in [4.69, 9.17) is 4.74 Å². The molecule has 1 N–H and O–H groups in total. The van der Waals surface area contributed by atoms with Gasteiger partial charge in [-0.3, -0.25) is 4.68 Å². The van der Waals surface area contributed by atoms with E-state index in [9.17, 15) is 0 Å². The molecule has 1 aromatic heterocycles. The average Bonchev–Trinajstić information content (AvgIpc) is 2.76. The maximum atomic E-state index is 5.47. The Hall–Kier alpha value is -0.870. The number of hydrogen-bond acceptors (Lipinski definition) is 3. The number of ether oxygens (including phenoxy) is 1. The minimum atomic E-state index is 0.426. The van der Waals surface area contributed by atoms with Crippen molar-refractivity contribution in [3.63, 3.8) is 0 Å². The fourth-order valence-electron chi connectivity index (χ4n) is 1.48. The van der Waals surface area contributed by atoms with Gasteiger partial charge in [-0.25, -0.2) is 0 Å². The van der Waals surface area contributed by atoms with Gasteiger partial charge in [0, 0.05) is 31.6 Å². The first kappa shape index (κ1) is 13.2. The van der Waals surface area contributed by atoms with Gasteiger partial charge in [0.25, 0.3) is 0 Å². The summed E-state index contributed by atoms with van der Waals surface area (Å²) in [6.07, 6.45) is 6.14. The number of nitrogens with one attached hydrogen (secondary N) is 1. The van der Waals surface area contributed by atoms with Crippen molar-refractivity contribution in [1.82, 2.24) is 15.1 Å². The molecule has 4 nitrogen and oxygen atoms in total. The minimum Gasteiger partial charge on any atom is -0.380 e. The summed E-state index contributed by atoms with van der Waals surface area (Å²) in [5, 5.41) is 7.58. The zero-order valence-corrected chi connectivity index (χ0v) is 10.4. The van der Waals surface area contributed by atoms with Crippen LogP contribution in [0.3, 0.4) is 0 Å². The van der Waals surface area contributed by atoms with Crippen LogP contribution in [0.1, 0.15) is 26.7 Å². The zero-order valence-electron chi connectivity index (χ0n) is 10.4. The number of hydrogen-bond donors (Lipinski definition) is 1. The minimum absolute atomic E-state index is 0.426. The SMILES string of the molecule is CCCCOCCNC(C)Cn1cccn1. The Morgan fingerprint density at radius 3 is 3.00 bits per heavy atom. The Bertz CT molecular complexity index is 249. The molecular weight excluding hydrogens is 202 g/mol. The second kappa shape index (κ2) is 8.30. The first-order chi connectivity index (χ1) is 7.83. The fourth-order valence-corrected chi connectivity index (χ4v) is 1.48. The van der Waals surface area contributed by atoms with Crippen LogP contribution in [0.4, 0.5) is 0 Å². The van der Waals surface area contributed by atoms with Crippen LogP contribution in [0.2, 0.25) is 0 Å². The van der Waals surface area contributed by atoms with Gasteiger partial charge in [0.15, 0.2) is 0 Å². The Morgan fingerprint density at radius 1 is 1.44 bits per heavy atom. The first-order valence-corrected chi connectivity index (χ1v) is 6.11. The molecule has 92 valence electrons. The third-order valence-electron chi connectivity index (χ3n) is 2.40. The van der Waals surface area contributed by atoms with Crippen LogP contribution >= 0.6 is 0 Å². The van der Waals surface area contributed by atoms with Gasteiger partial charge in [0.05, 0.1) is 13.2 Å². The van der Waals surface area contributed by atoms with Crippen LogP contribution in [0.25, 0.3) is 0 Å². The van der Waals surface area contributed by atoms with E-state index < -0.39 is 0 Å². The summed E-state index contributed by atoms with van der Waals surface area (Å²) < 4.78 is 7.41. The monoisotopic (exact) mass is 225 g/mol. The molecule has 1 unspecified atom stereocenters. The summed E-state index contributed by atoms with van der Waals surface area (Å²) in [4.78, 5) is 0. The highest BCUT2D eigenvalue weighted by Gasteiger charge is 2.01. The fraction of sp³-hybridized carbons (Fsp3) is 0.750. The molecule has 0 amide bonds. The molecule has 0 aromatic carbocycles. The van der Waals surface area contributed by atoms with Gasteiger partial charge in [0.1, 0.15) is 0 Å². The molecule has 1 rings (SSSR count). The Kier molecular flexibility index (Phi) is 6.85. The molecule has 0 saturated heterocycles. The zero-order chi connectivity index (χ0) is 11.6. The summed E-state index contributed by atoms with van der Waals surface area (Å²) in [6.45, 7) is 7.82. The quantitative estimate of drug-likeness (QED) is 0.650. The summed E-state index contributed by atoms with van der Waals surface area (Å²) in [7, 11) is 0. The van der Waals surface area contributed by atoms with Crippen molar-refractivity contribution in [2.75, 3.05) is 19.8 Å². The van der Waals surface area contributed by atoms with E-state index in [1.54, 1.807) is 6.20 Å². The smallest absolute Gasteiger partial charge is 0.0591 e. The first-order valence-electron chi connectivity index (χ1n) is 6.11. The summed E-state index contributed by atoms with van der Waals surface area (Å²) in [6, 6.07) is 2.37. The molecule has 0 bridgehead atoms. The highest BCUT2D eigenvalue weighted by Crippen LogP contribution is 1.91. The lowest BCUT2D eigenvalue weighted by Crippen LogP contribution is -2.33. The van der Waals surface area contributed by atoms with Crippen LogP contribution in [0.15, 0.2) is 18.5 Å². The average molecular weight is 225 g/mol. The lowest BCUT2D eigenvalue weighted by atomic mass is 10.3. The molecule has 1 aromatic rings. The molecule has 0 spiro atoms. The van der Waals surface area contributed by atoms with Crippen molar-refractivity contribution in [3.05, 3.63) is 18.5 Å². The molecule has 4 heteroatoms. The molecule has 0 radical (unpaired) electrons. The second-order valence-corrected chi connectivity index (χ2v) is 4.05. The van der Waals surface area contributed by atoms with Crippen LogP contribution in [-0.2, 0) is 11.3 Å². The van der Waals surface area contributed by atoms with E-state index in [0.29, 0.717) is 6.04 Å². The van der Waals surface area contributed by atoms with Crippen molar-refractivity contribution >= 4 is 0 Å². The molecule has 0 aliphatic heterocycles. The molecule has 1 heterocycles. The van der Waals surface area contributed by atoms with E-state index in [1.165, 1.54) is 6.42 Å². The molecule has 16 heavy (non-hydrogen) atoms. The summed E-state index contributed by atoms with van der Waals surface area (Å²) in [5.41, 5.74) is 0. The summed E-state index contributed by atoms with van der Waals surface area (Å²) in [5.74, 6) is 0. The molecular formula is C12H23N3O. The van der Waals surface area contributed by atoms with Gasteiger partial charge in [-0.15, -0.1) is 0 Å². The predicted octanol–water partition coefficient (Wildman–Crippen LogP) is 1.68. The van der Waals surface area contributed by atoms with Crippen LogP contribution in [0.5, 0.6) is 0 Å². The Morgan fingerprint density at radius 2 is 2.31 bits per heavy atom. The van der Waals surface area contributed by atoms with Gasteiger partial charge in [0.2, 0.25) is 0 Å². The highest BCUT2D eigenvalue weighted by molar-refractivity contribution is 4.78. The maximum absolute atomic E-state index is 5.47. The van der Waals surface area contributed by atoms with Crippen molar-refractivity contribution < 1.29 is 4.74 Å². The van der Waals surface area contributed by atoms with E-state index in [-0.39, 0.29) is 0 Å². The Labute approximate surface area is 98.0 Å². The number of nitrogens with zero attached hydrogens (tertiary/aromatic N) is 2. The number of aromatic nitrogens is 2. The third-order valence-corrected chi connectivity index (χ3v) is 2.40. The van der Waals surface area contributed by atoms with Gasteiger partial charge in [-0.2, -0.15) is 5.10 Å². The van der Waals surface area contributed by atoms with Gasteiger partial charge < -0.3 is 10.1 Å². The van der Waals surface area contributed by atoms with E-state index in [2.05, 4.69) is 24.3 Å². The van der Waals surface area contributed by atoms with Crippen LogP contribution in [0, 0.1) is 0 Å². The van der Waals surface area contributed by atoms with Crippen molar-refractivity contribution in [2.24, 2.45) is 0 Å². The third kappa shape index (κ3) is 5.88. The lowest BCUT2D eigenvalue weighted by Gasteiger charge is -2.13. The van der Waals surface area contributed by atoms with Gasteiger partial charge in [-0.05, 0) is 19.4 Å². The van der Waals surface area contributed by atoms with Gasteiger partial charge >= 0.3 is 0 Å². The second-order valence-electron chi connectivity index (χ2n) is 4.05. The maximum Gasteiger partial charge on any atom is 0.0591 e. The van der Waals surface area contributed by atoms with Crippen molar-refractivity contribution in [3.8, 4) is 0 Å². The molecule has 1 atom stereocenters. The molecule has 0 saturated carbocycles. The molecule has 0 aliphatic carbocycles. The normalized spacial score (nSPS) is 12.9. The highest BCUT2D eigenvalue weighted by atomic mass is 16.5. The van der Waals surface area contributed by atoms with Crippen molar-refractivity contribution in [1.29, 1.82) is 0 Å². The largest absolute Gasteiger partial charge is 0.380 e. The molecule has 0 aliphatic rings. The van der Waals surface area contributed by atoms with E-state index in [0.717, 1.165) is 32.7 Å². The predicted molar refractivity (Wildman–Crippen MR) is 65.4 cm³/mol. The topological polar surface area (TPSA) is 39.1 Å². The van der Waals surface area contributed by atoms with Gasteiger partial charge in [-0.1, -0.05) is 13.3 Å². The molecule has 0 fully saturated rings. The van der Waals surface area contributed by atoms with Crippen LogP contribution in [-0.4, -0.2) is 35.6 Å². The Balaban J connectivity index is 1.96. The van der Waals surface area contributed by atoms with E-state index in [1.807, 2.05) is 16.9 Å². The summed E-state index contributed by atoms with van der Waals surface area (Å²) >= 11 is 0.